The molecule has 0 atom stereocenters. The van der Waals surface area contributed by atoms with Crippen molar-refractivity contribution in [2.75, 3.05) is 0 Å². The molecule has 0 aliphatic heterocycles. The van der Waals surface area contributed by atoms with E-state index >= 15 is 0 Å². The van der Waals surface area contributed by atoms with E-state index in [4.69, 9.17) is 19.9 Å². The van der Waals surface area contributed by atoms with Gasteiger partial charge in [-0.2, -0.15) is 0 Å². The summed E-state index contributed by atoms with van der Waals surface area (Å²) in [7, 11) is 0. The van der Waals surface area contributed by atoms with Crippen LogP contribution >= 0.6 is 0 Å². The Morgan fingerprint density at radius 2 is 1.45 bits per heavy atom. The van der Waals surface area contributed by atoms with Crippen LogP contribution < -0.4 is 0 Å². The summed E-state index contributed by atoms with van der Waals surface area (Å²) in [4.78, 5) is 23.9. The van der Waals surface area contributed by atoms with Crippen LogP contribution in [0.4, 0.5) is 5.69 Å². The molecule has 2 aromatic carbocycles. The van der Waals surface area contributed by atoms with E-state index in [0.717, 1.165) is 44.9 Å². The molecule has 2 heterocycles. The highest BCUT2D eigenvalue weighted by Gasteiger charge is 2.14. The van der Waals surface area contributed by atoms with Crippen LogP contribution in [0.1, 0.15) is 37.9 Å². The van der Waals surface area contributed by atoms with Crippen molar-refractivity contribution >= 4 is 22.5 Å². The van der Waals surface area contributed by atoms with Crippen molar-refractivity contribution in [1.29, 1.82) is 0 Å². The third-order valence-electron chi connectivity index (χ3n) is 5.88. The van der Waals surface area contributed by atoms with Gasteiger partial charge < -0.3 is 0 Å². The summed E-state index contributed by atoms with van der Waals surface area (Å²) >= 11 is 0. The van der Waals surface area contributed by atoms with Gasteiger partial charge >= 0.3 is 0 Å². The Balaban J connectivity index is 1.84. The number of aromatic nitrogens is 4. The number of hydrogen-bond acceptors (Lipinski definition) is 5. The molecule has 2 aromatic heterocycles. The van der Waals surface area contributed by atoms with Crippen LogP contribution in [0.3, 0.4) is 0 Å². The van der Waals surface area contributed by atoms with E-state index in [9.17, 15) is 0 Å². The van der Waals surface area contributed by atoms with Gasteiger partial charge in [-0.1, -0.05) is 85.5 Å². The minimum absolute atomic E-state index is 0.563. The first-order chi connectivity index (χ1) is 18.5. The molecule has 0 N–H and O–H groups in total. The van der Waals surface area contributed by atoms with Gasteiger partial charge in [0.05, 0.1) is 11.4 Å². The minimum atomic E-state index is 0.563. The molecule has 0 radical (unpaired) electrons. The maximum Gasteiger partial charge on any atom is 0.164 e. The number of aliphatic imine (C=N–C) groups is 1. The first-order valence-electron chi connectivity index (χ1n) is 12.5. The van der Waals surface area contributed by atoms with Crippen molar-refractivity contribution in [1.82, 2.24) is 19.9 Å². The quantitative estimate of drug-likeness (QED) is 0.182. The van der Waals surface area contributed by atoms with Gasteiger partial charge in [0.25, 0.3) is 0 Å². The van der Waals surface area contributed by atoms with Crippen molar-refractivity contribution in [3.8, 4) is 22.8 Å². The van der Waals surface area contributed by atoms with Gasteiger partial charge in [-0.3, -0.25) is 9.98 Å². The summed E-state index contributed by atoms with van der Waals surface area (Å²) in [6.07, 6.45) is 11.5. The maximum atomic E-state index is 4.86. The smallest absolute Gasteiger partial charge is 0.164 e. The number of pyridine rings is 1. The summed E-state index contributed by atoms with van der Waals surface area (Å²) in [6.45, 7) is 12.0. The number of rotatable bonds is 8. The molecule has 0 spiro atoms. The molecule has 0 unspecified atom stereocenters. The van der Waals surface area contributed by atoms with Gasteiger partial charge in [0.15, 0.2) is 17.5 Å². The van der Waals surface area contributed by atoms with Crippen LogP contribution in [0, 0.1) is 6.92 Å². The highest BCUT2D eigenvalue weighted by atomic mass is 15.0. The van der Waals surface area contributed by atoms with E-state index in [2.05, 4.69) is 11.6 Å². The lowest BCUT2D eigenvalue weighted by atomic mass is 10.0. The van der Waals surface area contributed by atoms with Crippen LogP contribution in [0.5, 0.6) is 0 Å². The summed E-state index contributed by atoms with van der Waals surface area (Å²) in [6, 6.07) is 21.8. The van der Waals surface area contributed by atoms with E-state index in [1.807, 2.05) is 119 Å². The number of allylic oxidation sites excluding steroid dienone is 7. The second-order valence-electron chi connectivity index (χ2n) is 8.78. The van der Waals surface area contributed by atoms with Gasteiger partial charge in [-0.25, -0.2) is 15.0 Å². The Labute approximate surface area is 224 Å². The van der Waals surface area contributed by atoms with Gasteiger partial charge in [0, 0.05) is 34.2 Å². The molecular weight excluding hydrogens is 466 g/mol. The fourth-order valence-electron chi connectivity index (χ4n) is 4.07. The SMILES string of the molecule is C=C/C=C(\C=C(/C)c1nccc(N=C(C)/C=C\C)c1C)c1nc(-c2ccccc2)nc(-c2ccccc2)n1. The Hall–Kier alpha value is -4.77. The zero-order valence-electron chi connectivity index (χ0n) is 22.3. The Morgan fingerprint density at radius 1 is 0.842 bits per heavy atom. The second-order valence-corrected chi connectivity index (χ2v) is 8.78. The lowest BCUT2D eigenvalue weighted by molar-refractivity contribution is 1.04. The van der Waals surface area contributed by atoms with Gasteiger partial charge in [0.2, 0.25) is 0 Å². The summed E-state index contributed by atoms with van der Waals surface area (Å²) in [5.41, 5.74) is 7.34. The van der Waals surface area contributed by atoms with Gasteiger partial charge in [-0.05, 0) is 51.5 Å². The number of benzene rings is 2. The Bertz CT molecular complexity index is 1490. The van der Waals surface area contributed by atoms with Gasteiger partial charge in [0.1, 0.15) is 0 Å². The predicted molar refractivity (Wildman–Crippen MR) is 159 cm³/mol. The topological polar surface area (TPSA) is 63.9 Å². The molecule has 0 aliphatic rings. The fourth-order valence-corrected chi connectivity index (χ4v) is 4.07. The van der Waals surface area contributed by atoms with E-state index < -0.39 is 0 Å². The van der Waals surface area contributed by atoms with Crippen molar-refractivity contribution in [3.63, 3.8) is 0 Å². The highest BCUT2D eigenvalue weighted by Crippen LogP contribution is 2.29. The van der Waals surface area contributed by atoms with E-state index in [0.29, 0.717) is 17.5 Å². The number of nitrogens with zero attached hydrogens (tertiary/aromatic N) is 5. The Morgan fingerprint density at radius 3 is 2.00 bits per heavy atom. The van der Waals surface area contributed by atoms with E-state index in [1.165, 1.54) is 0 Å². The predicted octanol–water partition coefficient (Wildman–Crippen LogP) is 8.25. The van der Waals surface area contributed by atoms with Crippen molar-refractivity contribution in [3.05, 3.63) is 127 Å². The molecule has 4 rings (SSSR count). The number of hydrogen-bond donors (Lipinski definition) is 0. The third-order valence-corrected chi connectivity index (χ3v) is 5.88. The molecule has 0 saturated heterocycles. The van der Waals surface area contributed by atoms with Crippen molar-refractivity contribution in [2.45, 2.75) is 27.7 Å². The highest BCUT2D eigenvalue weighted by molar-refractivity contribution is 5.95. The fraction of sp³-hybridized carbons (Fsp3) is 0.121. The zero-order chi connectivity index (χ0) is 26.9. The van der Waals surface area contributed by atoms with E-state index in [1.54, 1.807) is 12.3 Å². The van der Waals surface area contributed by atoms with Crippen LogP contribution in [0.2, 0.25) is 0 Å². The average molecular weight is 498 g/mol. The maximum absolute atomic E-state index is 4.86. The first kappa shape index (κ1) is 26.3. The average Bonchev–Trinajstić information content (AvgIpc) is 2.94. The molecule has 0 aliphatic carbocycles. The molecule has 0 fully saturated rings. The van der Waals surface area contributed by atoms with E-state index in [-0.39, 0.29) is 0 Å². The van der Waals surface area contributed by atoms with Crippen molar-refractivity contribution in [2.24, 2.45) is 4.99 Å². The minimum Gasteiger partial charge on any atom is -0.256 e. The van der Waals surface area contributed by atoms with Crippen LogP contribution in [-0.2, 0) is 0 Å². The molecule has 188 valence electrons. The van der Waals surface area contributed by atoms with Crippen LogP contribution in [-0.4, -0.2) is 25.6 Å². The lowest BCUT2D eigenvalue weighted by Crippen LogP contribution is -2.02. The standard InChI is InChI=1S/C33H31N5/c1-6-14-24(4)35-29-20-21-34-30(25(29)5)23(3)22-28(15-7-2)33-37-31(26-16-10-8-11-17-26)36-32(38-33)27-18-12-9-13-19-27/h6-22H,2H2,1,3-5H3/b14-6-,23-22+,28-15+,35-24?. The second kappa shape index (κ2) is 12.5. The molecule has 0 amide bonds. The summed E-state index contributed by atoms with van der Waals surface area (Å²) in [5, 5.41) is 0. The van der Waals surface area contributed by atoms with Crippen LogP contribution in [0.25, 0.3) is 33.9 Å². The normalized spacial score (nSPS) is 12.7. The molecular formula is C33H31N5. The third kappa shape index (κ3) is 6.31. The lowest BCUT2D eigenvalue weighted by Gasteiger charge is -2.11. The molecule has 0 bridgehead atoms. The molecule has 5 heteroatoms. The summed E-state index contributed by atoms with van der Waals surface area (Å²) in [5.74, 6) is 1.79. The zero-order valence-corrected chi connectivity index (χ0v) is 22.3. The monoisotopic (exact) mass is 497 g/mol. The molecule has 0 saturated carbocycles. The largest absolute Gasteiger partial charge is 0.256 e. The van der Waals surface area contributed by atoms with Gasteiger partial charge in [-0.15, -0.1) is 0 Å². The summed E-state index contributed by atoms with van der Waals surface area (Å²) < 4.78 is 0. The Kier molecular flexibility index (Phi) is 8.62. The molecule has 38 heavy (non-hydrogen) atoms. The van der Waals surface area contributed by atoms with Crippen LogP contribution in [0.15, 0.2) is 115 Å². The first-order valence-corrected chi connectivity index (χ1v) is 12.5. The molecule has 5 nitrogen and oxygen atoms in total. The molecule has 4 aromatic rings. The van der Waals surface area contributed by atoms with Crippen molar-refractivity contribution < 1.29 is 0 Å².